The summed E-state index contributed by atoms with van der Waals surface area (Å²) in [5.41, 5.74) is 1.55. The first kappa shape index (κ1) is 20.4. The number of nitrogens with one attached hydrogen (secondary N) is 2. The maximum Gasteiger partial charge on any atom is 0.344 e. The molecule has 1 amide bonds. The number of aromatic amines is 1. The van der Waals surface area contributed by atoms with E-state index >= 15 is 0 Å². The number of H-pyrrole nitrogens is 1. The number of amides is 1. The van der Waals surface area contributed by atoms with Gasteiger partial charge >= 0.3 is 5.97 Å². The van der Waals surface area contributed by atoms with Crippen molar-refractivity contribution in [3.8, 4) is 0 Å². The molecule has 0 saturated heterocycles. The molecule has 144 valence electrons. The largest absolute Gasteiger partial charge is 0.452 e. The van der Waals surface area contributed by atoms with E-state index in [2.05, 4.69) is 36.3 Å². The first-order valence-electron chi connectivity index (χ1n) is 9.03. The van der Waals surface area contributed by atoms with Gasteiger partial charge in [0.05, 0.1) is 6.04 Å². The minimum atomic E-state index is -0.825. The smallest absolute Gasteiger partial charge is 0.344 e. The normalized spacial score (nSPS) is 12.1. The lowest BCUT2D eigenvalue weighted by Gasteiger charge is -2.23. The van der Waals surface area contributed by atoms with Crippen LogP contribution in [0.4, 0.5) is 0 Å². The fraction of sp³-hybridized carbons (Fsp3) is 0.381. The number of carbonyl (C=O) groups excluding carboxylic acids is 2. The summed E-state index contributed by atoms with van der Waals surface area (Å²) >= 11 is 0. The molecule has 0 aliphatic rings. The van der Waals surface area contributed by atoms with E-state index in [0.717, 1.165) is 5.56 Å². The van der Waals surface area contributed by atoms with Gasteiger partial charge in [-0.15, -0.1) is 0 Å². The van der Waals surface area contributed by atoms with E-state index in [1.807, 2.05) is 26.0 Å². The van der Waals surface area contributed by atoms with Gasteiger partial charge in [-0.3, -0.25) is 9.59 Å². The van der Waals surface area contributed by atoms with Crippen LogP contribution >= 0.6 is 0 Å². The molecule has 1 aromatic carbocycles. The van der Waals surface area contributed by atoms with Crippen LogP contribution in [0.2, 0.25) is 0 Å². The van der Waals surface area contributed by atoms with Crippen LogP contribution in [-0.2, 0) is 9.53 Å². The Balaban J connectivity index is 1.99. The minimum Gasteiger partial charge on any atom is -0.452 e. The monoisotopic (exact) mass is 370 g/mol. The third-order valence-electron chi connectivity index (χ3n) is 4.32. The third kappa shape index (κ3) is 5.54. The van der Waals surface area contributed by atoms with Crippen molar-refractivity contribution in [1.29, 1.82) is 0 Å². The molecule has 2 N–H and O–H groups in total. The van der Waals surface area contributed by atoms with Crippen molar-refractivity contribution in [2.75, 3.05) is 6.61 Å². The summed E-state index contributed by atoms with van der Waals surface area (Å²) in [7, 11) is 0. The molecule has 2 aromatic rings. The Bertz CT molecular complexity index is 838. The summed E-state index contributed by atoms with van der Waals surface area (Å²) in [5, 5.41) is 2.90. The summed E-state index contributed by atoms with van der Waals surface area (Å²) in [4.78, 5) is 38.2. The highest BCUT2D eigenvalue weighted by Gasteiger charge is 2.20. The average molecular weight is 370 g/mol. The van der Waals surface area contributed by atoms with Crippen molar-refractivity contribution in [1.82, 2.24) is 10.3 Å². The van der Waals surface area contributed by atoms with E-state index in [9.17, 15) is 14.4 Å². The van der Waals surface area contributed by atoms with Crippen LogP contribution in [0.1, 0.15) is 61.1 Å². The number of hydrogen-bond acceptors (Lipinski definition) is 4. The topological polar surface area (TPSA) is 88.3 Å². The molecule has 0 saturated carbocycles. The van der Waals surface area contributed by atoms with Gasteiger partial charge in [-0.05, 0) is 35.1 Å². The lowest BCUT2D eigenvalue weighted by Crippen LogP contribution is -2.35. The van der Waals surface area contributed by atoms with Crippen molar-refractivity contribution < 1.29 is 14.3 Å². The number of carbonyl (C=O) groups is 2. The number of hydrogen-bond donors (Lipinski definition) is 2. The van der Waals surface area contributed by atoms with Gasteiger partial charge in [0.2, 0.25) is 0 Å². The Labute approximate surface area is 159 Å². The molecule has 0 spiro atoms. The molecule has 1 atom stereocenters. The van der Waals surface area contributed by atoms with Crippen molar-refractivity contribution >= 4 is 11.9 Å². The van der Waals surface area contributed by atoms with Gasteiger partial charge in [0, 0.05) is 6.20 Å². The SMILES string of the molecule is CC(C)c1ccc([C@H](NC(=O)COC(=O)c2ccc[nH]c2=O)C(C)C)cc1. The summed E-state index contributed by atoms with van der Waals surface area (Å²) in [6.07, 6.45) is 1.42. The number of aromatic nitrogens is 1. The number of esters is 1. The molecule has 6 heteroatoms. The summed E-state index contributed by atoms with van der Waals surface area (Å²) < 4.78 is 4.97. The number of benzene rings is 1. The Kier molecular flexibility index (Phi) is 6.93. The second kappa shape index (κ2) is 9.16. The van der Waals surface area contributed by atoms with Gasteiger partial charge in [0.15, 0.2) is 6.61 Å². The predicted molar refractivity (Wildman–Crippen MR) is 104 cm³/mol. The van der Waals surface area contributed by atoms with Crippen LogP contribution in [0.5, 0.6) is 0 Å². The lowest BCUT2D eigenvalue weighted by molar-refractivity contribution is -0.125. The van der Waals surface area contributed by atoms with Crippen LogP contribution in [0, 0.1) is 5.92 Å². The van der Waals surface area contributed by atoms with Gasteiger partial charge in [0.1, 0.15) is 5.56 Å². The summed E-state index contributed by atoms with van der Waals surface area (Å²) in [6, 6.07) is 10.8. The van der Waals surface area contributed by atoms with Crippen LogP contribution in [-0.4, -0.2) is 23.5 Å². The molecule has 0 bridgehead atoms. The lowest BCUT2D eigenvalue weighted by atomic mass is 9.93. The predicted octanol–water partition coefficient (Wildman–Crippen LogP) is 3.17. The third-order valence-corrected chi connectivity index (χ3v) is 4.32. The Morgan fingerprint density at radius 1 is 1.04 bits per heavy atom. The molecular formula is C21H26N2O4. The van der Waals surface area contributed by atoms with Gasteiger partial charge < -0.3 is 15.0 Å². The highest BCUT2D eigenvalue weighted by Crippen LogP contribution is 2.24. The summed E-state index contributed by atoms with van der Waals surface area (Å²) in [6.45, 7) is 7.83. The molecule has 1 aromatic heterocycles. The zero-order valence-corrected chi connectivity index (χ0v) is 16.1. The van der Waals surface area contributed by atoms with Crippen molar-refractivity contribution in [3.63, 3.8) is 0 Å². The highest BCUT2D eigenvalue weighted by molar-refractivity contribution is 5.90. The van der Waals surface area contributed by atoms with Crippen molar-refractivity contribution in [3.05, 3.63) is 69.6 Å². The number of ether oxygens (including phenoxy) is 1. The molecule has 6 nitrogen and oxygen atoms in total. The Hall–Kier alpha value is -2.89. The number of rotatable bonds is 7. The average Bonchev–Trinajstić information content (AvgIpc) is 2.64. The number of pyridine rings is 1. The second-order valence-corrected chi connectivity index (χ2v) is 7.10. The molecular weight excluding hydrogens is 344 g/mol. The molecule has 2 rings (SSSR count). The molecule has 1 heterocycles. The molecule has 0 aliphatic heterocycles. The van der Waals surface area contributed by atoms with Crippen LogP contribution in [0.15, 0.2) is 47.4 Å². The Morgan fingerprint density at radius 3 is 2.22 bits per heavy atom. The molecule has 0 unspecified atom stereocenters. The molecule has 0 aliphatic carbocycles. The fourth-order valence-electron chi connectivity index (χ4n) is 2.73. The zero-order chi connectivity index (χ0) is 20.0. The van der Waals surface area contributed by atoms with Gasteiger partial charge in [-0.1, -0.05) is 52.0 Å². The van der Waals surface area contributed by atoms with E-state index < -0.39 is 24.0 Å². The van der Waals surface area contributed by atoms with Crippen molar-refractivity contribution in [2.24, 2.45) is 5.92 Å². The van der Waals surface area contributed by atoms with E-state index in [1.54, 1.807) is 0 Å². The molecule has 0 radical (unpaired) electrons. The zero-order valence-electron chi connectivity index (χ0n) is 16.1. The van der Waals surface area contributed by atoms with E-state index in [-0.39, 0.29) is 17.5 Å². The fourth-order valence-corrected chi connectivity index (χ4v) is 2.73. The van der Waals surface area contributed by atoms with Crippen molar-refractivity contribution in [2.45, 2.75) is 39.7 Å². The van der Waals surface area contributed by atoms with Crippen LogP contribution in [0.25, 0.3) is 0 Å². The highest BCUT2D eigenvalue weighted by atomic mass is 16.5. The first-order chi connectivity index (χ1) is 12.8. The second-order valence-electron chi connectivity index (χ2n) is 7.10. The maximum atomic E-state index is 12.3. The van der Waals surface area contributed by atoms with Gasteiger partial charge in [-0.25, -0.2) is 4.79 Å². The van der Waals surface area contributed by atoms with E-state index in [4.69, 9.17) is 4.74 Å². The Morgan fingerprint density at radius 2 is 1.67 bits per heavy atom. The molecule has 0 fully saturated rings. The quantitative estimate of drug-likeness (QED) is 0.733. The minimum absolute atomic E-state index is 0.130. The van der Waals surface area contributed by atoms with Crippen LogP contribution in [0.3, 0.4) is 0 Å². The van der Waals surface area contributed by atoms with E-state index in [1.165, 1.54) is 23.9 Å². The van der Waals surface area contributed by atoms with Crippen LogP contribution < -0.4 is 10.9 Å². The van der Waals surface area contributed by atoms with E-state index in [0.29, 0.717) is 5.92 Å². The van der Waals surface area contributed by atoms with Gasteiger partial charge in [-0.2, -0.15) is 0 Å². The maximum absolute atomic E-state index is 12.3. The standard InChI is InChI=1S/C21H26N2O4/c1-13(2)15-7-9-16(10-8-15)19(14(3)4)23-18(24)12-27-21(26)17-6-5-11-22-20(17)25/h5-11,13-14,19H,12H2,1-4H3,(H,22,25)(H,23,24)/t19-/m1/s1. The summed E-state index contributed by atoms with van der Waals surface area (Å²) in [5.74, 6) is -0.644. The molecule has 27 heavy (non-hydrogen) atoms. The first-order valence-corrected chi connectivity index (χ1v) is 9.03. The van der Waals surface area contributed by atoms with Gasteiger partial charge in [0.25, 0.3) is 11.5 Å².